The van der Waals surface area contributed by atoms with Gasteiger partial charge >= 0.3 is 5.97 Å². The predicted octanol–water partition coefficient (Wildman–Crippen LogP) is 1.19. The number of ether oxygens (including phenoxy) is 1. The van der Waals surface area contributed by atoms with E-state index in [1.54, 1.807) is 0 Å². The van der Waals surface area contributed by atoms with E-state index in [4.69, 9.17) is 9.84 Å². The molecule has 0 aliphatic carbocycles. The number of carboxylic acids is 1. The van der Waals surface area contributed by atoms with Crippen molar-refractivity contribution in [2.75, 3.05) is 0 Å². The molecule has 1 aliphatic heterocycles. The lowest BCUT2D eigenvalue weighted by Crippen LogP contribution is -2.36. The van der Waals surface area contributed by atoms with E-state index in [2.05, 4.69) is 0 Å². The Bertz CT molecular complexity index is 194. The van der Waals surface area contributed by atoms with E-state index in [9.17, 15) is 4.79 Å². The van der Waals surface area contributed by atoms with Crippen molar-refractivity contribution in [1.82, 2.24) is 0 Å². The minimum absolute atomic E-state index is 0.429. The van der Waals surface area contributed by atoms with Gasteiger partial charge in [-0.1, -0.05) is 12.2 Å². The van der Waals surface area contributed by atoms with Crippen LogP contribution >= 0.6 is 0 Å². The summed E-state index contributed by atoms with van der Waals surface area (Å²) < 4.78 is 5.25. The average Bonchev–Trinajstić information content (AvgIpc) is 1.85. The van der Waals surface area contributed by atoms with E-state index < -0.39 is 17.7 Å². The van der Waals surface area contributed by atoms with E-state index in [1.165, 1.54) is 0 Å². The molecule has 0 aromatic carbocycles. The normalized spacial score (nSPS) is 28.4. The van der Waals surface area contributed by atoms with Gasteiger partial charge in [0.25, 0.3) is 0 Å². The third kappa shape index (κ3) is 2.05. The fraction of sp³-hybridized carbons (Fsp3) is 0.625. The van der Waals surface area contributed by atoms with Crippen LogP contribution in [0.4, 0.5) is 0 Å². The van der Waals surface area contributed by atoms with Crippen LogP contribution < -0.4 is 0 Å². The van der Waals surface area contributed by atoms with Crippen molar-refractivity contribution in [3.8, 4) is 0 Å². The molecule has 1 aliphatic rings. The maximum Gasteiger partial charge on any atom is 0.333 e. The molecule has 0 aromatic rings. The molecule has 1 heterocycles. The van der Waals surface area contributed by atoms with Crippen molar-refractivity contribution in [2.24, 2.45) is 0 Å². The highest BCUT2D eigenvalue weighted by Gasteiger charge is 2.28. The summed E-state index contributed by atoms with van der Waals surface area (Å²) in [5.41, 5.74) is -0.429. The van der Waals surface area contributed by atoms with Crippen molar-refractivity contribution in [2.45, 2.75) is 32.0 Å². The van der Waals surface area contributed by atoms with E-state index in [1.807, 2.05) is 26.0 Å². The second kappa shape index (κ2) is 2.66. The lowest BCUT2D eigenvalue weighted by Gasteiger charge is -2.29. The smallest absolute Gasteiger partial charge is 0.333 e. The lowest BCUT2D eigenvalue weighted by atomic mass is 10.0. The zero-order chi connectivity index (χ0) is 8.48. The Labute approximate surface area is 65.7 Å². The molecule has 11 heavy (non-hydrogen) atoms. The summed E-state index contributed by atoms with van der Waals surface area (Å²) in [4.78, 5) is 10.5. The van der Waals surface area contributed by atoms with Crippen LogP contribution in [0.3, 0.4) is 0 Å². The monoisotopic (exact) mass is 156 g/mol. The summed E-state index contributed by atoms with van der Waals surface area (Å²) in [6.07, 6.45) is 3.53. The summed E-state index contributed by atoms with van der Waals surface area (Å²) in [5.74, 6) is -0.887. The van der Waals surface area contributed by atoms with Gasteiger partial charge in [0.1, 0.15) is 0 Å². The topological polar surface area (TPSA) is 46.5 Å². The number of hydrogen-bond donors (Lipinski definition) is 1. The molecule has 0 spiro atoms. The molecule has 0 amide bonds. The highest BCUT2D eigenvalue weighted by Crippen LogP contribution is 2.21. The van der Waals surface area contributed by atoms with Gasteiger partial charge in [-0.05, 0) is 13.8 Å². The number of hydrogen-bond acceptors (Lipinski definition) is 2. The standard InChI is InChI=1S/C8H12O3/c1-8(2)5-3-4-6(11-8)7(9)10/h3,5-6H,4H2,1-2H3,(H,9,10). The van der Waals surface area contributed by atoms with Gasteiger partial charge in [0.2, 0.25) is 0 Å². The summed E-state index contributed by atoms with van der Waals surface area (Å²) in [5, 5.41) is 8.61. The Kier molecular flexibility index (Phi) is 2.00. The third-order valence-electron chi connectivity index (χ3n) is 1.59. The quantitative estimate of drug-likeness (QED) is 0.580. The van der Waals surface area contributed by atoms with Gasteiger partial charge in [-0.2, -0.15) is 0 Å². The minimum atomic E-state index is -0.887. The van der Waals surface area contributed by atoms with Crippen LogP contribution in [-0.4, -0.2) is 22.8 Å². The third-order valence-corrected chi connectivity index (χ3v) is 1.59. The summed E-state index contributed by atoms with van der Waals surface area (Å²) in [7, 11) is 0. The van der Waals surface area contributed by atoms with Gasteiger partial charge in [0, 0.05) is 6.42 Å². The Morgan fingerprint density at radius 2 is 2.36 bits per heavy atom. The molecule has 1 N–H and O–H groups in total. The lowest BCUT2D eigenvalue weighted by molar-refractivity contribution is -0.158. The fourth-order valence-corrected chi connectivity index (χ4v) is 1.08. The molecular weight excluding hydrogens is 144 g/mol. The Hall–Kier alpha value is -0.830. The van der Waals surface area contributed by atoms with Crippen molar-refractivity contribution in [3.63, 3.8) is 0 Å². The van der Waals surface area contributed by atoms with Crippen molar-refractivity contribution in [3.05, 3.63) is 12.2 Å². The van der Waals surface area contributed by atoms with Crippen LogP contribution in [0.1, 0.15) is 20.3 Å². The molecule has 0 saturated carbocycles. The molecule has 1 atom stereocenters. The largest absolute Gasteiger partial charge is 0.479 e. The Balaban J connectivity index is 2.66. The maximum atomic E-state index is 10.5. The van der Waals surface area contributed by atoms with E-state index in [0.29, 0.717) is 6.42 Å². The van der Waals surface area contributed by atoms with Crippen molar-refractivity contribution in [1.29, 1.82) is 0 Å². The number of aliphatic carboxylic acids is 1. The maximum absolute atomic E-state index is 10.5. The Morgan fingerprint density at radius 1 is 1.73 bits per heavy atom. The van der Waals surface area contributed by atoms with Crippen molar-refractivity contribution >= 4 is 5.97 Å². The average molecular weight is 156 g/mol. The SMILES string of the molecule is CC1(C)C=CCC(C(=O)O)O1. The molecule has 1 unspecified atom stereocenters. The van der Waals surface area contributed by atoms with Gasteiger partial charge < -0.3 is 9.84 Å². The van der Waals surface area contributed by atoms with Gasteiger partial charge in [0.15, 0.2) is 6.10 Å². The zero-order valence-electron chi connectivity index (χ0n) is 6.70. The number of carboxylic acid groups (broad SMARTS) is 1. The molecule has 0 fully saturated rings. The van der Waals surface area contributed by atoms with Crippen LogP contribution in [0.2, 0.25) is 0 Å². The van der Waals surface area contributed by atoms with Gasteiger partial charge in [-0.25, -0.2) is 4.79 Å². The van der Waals surface area contributed by atoms with E-state index in [-0.39, 0.29) is 0 Å². The Morgan fingerprint density at radius 3 is 2.73 bits per heavy atom. The van der Waals surface area contributed by atoms with Crippen LogP contribution in [0.25, 0.3) is 0 Å². The molecule has 1 rings (SSSR count). The molecule has 0 radical (unpaired) electrons. The zero-order valence-corrected chi connectivity index (χ0v) is 6.70. The van der Waals surface area contributed by atoms with E-state index >= 15 is 0 Å². The fourth-order valence-electron chi connectivity index (χ4n) is 1.08. The molecule has 0 saturated heterocycles. The molecule has 62 valence electrons. The first-order valence-electron chi connectivity index (χ1n) is 3.59. The highest BCUT2D eigenvalue weighted by molar-refractivity contribution is 5.72. The number of rotatable bonds is 1. The van der Waals surface area contributed by atoms with Gasteiger partial charge in [0.05, 0.1) is 5.60 Å². The molecular formula is C8H12O3. The summed E-state index contributed by atoms with van der Waals surface area (Å²) in [6.45, 7) is 3.69. The van der Waals surface area contributed by atoms with E-state index in [0.717, 1.165) is 0 Å². The molecule has 3 heteroatoms. The first kappa shape index (κ1) is 8.27. The second-order valence-electron chi connectivity index (χ2n) is 3.19. The van der Waals surface area contributed by atoms with Crippen LogP contribution in [0.15, 0.2) is 12.2 Å². The highest BCUT2D eigenvalue weighted by atomic mass is 16.5. The molecule has 3 nitrogen and oxygen atoms in total. The first-order valence-corrected chi connectivity index (χ1v) is 3.59. The van der Waals surface area contributed by atoms with Gasteiger partial charge in [-0.15, -0.1) is 0 Å². The van der Waals surface area contributed by atoms with Crippen LogP contribution in [0, 0.1) is 0 Å². The first-order chi connectivity index (χ1) is 5.01. The summed E-state index contributed by atoms with van der Waals surface area (Å²) in [6, 6.07) is 0. The van der Waals surface area contributed by atoms with Crippen molar-refractivity contribution < 1.29 is 14.6 Å². The van der Waals surface area contributed by atoms with Gasteiger partial charge in [-0.3, -0.25) is 0 Å². The predicted molar refractivity (Wildman–Crippen MR) is 40.3 cm³/mol. The van der Waals surface area contributed by atoms with Crippen LogP contribution in [0.5, 0.6) is 0 Å². The second-order valence-corrected chi connectivity index (χ2v) is 3.19. The van der Waals surface area contributed by atoms with Crippen LogP contribution in [-0.2, 0) is 9.53 Å². The minimum Gasteiger partial charge on any atom is -0.479 e. The summed E-state index contributed by atoms with van der Waals surface area (Å²) >= 11 is 0. The number of carbonyl (C=O) groups is 1. The molecule has 0 bridgehead atoms. The molecule has 0 aromatic heterocycles.